The summed E-state index contributed by atoms with van der Waals surface area (Å²) in [6.07, 6.45) is 1.93. The van der Waals surface area contributed by atoms with Crippen LogP contribution in [-0.4, -0.2) is 16.8 Å². The van der Waals surface area contributed by atoms with E-state index < -0.39 is 5.54 Å². The monoisotopic (exact) mass is 250 g/mol. The van der Waals surface area contributed by atoms with Gasteiger partial charge in [-0.1, -0.05) is 18.2 Å². The van der Waals surface area contributed by atoms with Gasteiger partial charge in [0.15, 0.2) is 0 Å². The second-order valence-electron chi connectivity index (χ2n) is 4.55. The lowest BCUT2D eigenvalue weighted by Gasteiger charge is -2.25. The van der Waals surface area contributed by atoms with Gasteiger partial charge >= 0.3 is 0 Å². The number of hydrogen-bond acceptors (Lipinski definition) is 1. The number of halogens is 1. The molecule has 0 saturated carbocycles. The van der Waals surface area contributed by atoms with E-state index in [2.05, 4.69) is 10.3 Å². The van der Waals surface area contributed by atoms with Gasteiger partial charge in [-0.25, -0.2) is 0 Å². The van der Waals surface area contributed by atoms with Crippen LogP contribution >= 0.6 is 11.6 Å². The number of para-hydroxylation sites is 1. The molecule has 2 aromatic rings. The van der Waals surface area contributed by atoms with Crippen molar-refractivity contribution < 1.29 is 4.79 Å². The van der Waals surface area contributed by atoms with E-state index in [1.165, 1.54) is 0 Å². The van der Waals surface area contributed by atoms with Crippen LogP contribution in [0.5, 0.6) is 0 Å². The van der Waals surface area contributed by atoms with Crippen LogP contribution in [-0.2, 0) is 10.3 Å². The van der Waals surface area contributed by atoms with E-state index in [-0.39, 0.29) is 11.8 Å². The van der Waals surface area contributed by atoms with Crippen molar-refractivity contribution in [2.45, 2.75) is 19.4 Å². The molecule has 2 rings (SSSR count). The Morgan fingerprint density at radius 3 is 2.82 bits per heavy atom. The summed E-state index contributed by atoms with van der Waals surface area (Å²) >= 11 is 5.52. The van der Waals surface area contributed by atoms with E-state index in [9.17, 15) is 4.79 Å². The third kappa shape index (κ3) is 2.29. The third-order valence-corrected chi connectivity index (χ3v) is 3.08. The maximum absolute atomic E-state index is 11.4. The normalized spacial score (nSPS) is 11.7. The first-order valence-electron chi connectivity index (χ1n) is 5.48. The Hall–Kier alpha value is -1.48. The van der Waals surface area contributed by atoms with Crippen LogP contribution in [0.1, 0.15) is 19.4 Å². The predicted octanol–water partition coefficient (Wildman–Crippen LogP) is 2.76. The second-order valence-corrected chi connectivity index (χ2v) is 4.82. The molecule has 0 bridgehead atoms. The molecule has 1 aromatic carbocycles. The highest BCUT2D eigenvalue weighted by Gasteiger charge is 2.25. The number of hydrogen-bond donors (Lipinski definition) is 2. The van der Waals surface area contributed by atoms with Crippen molar-refractivity contribution in [1.82, 2.24) is 10.3 Å². The number of alkyl halides is 1. The van der Waals surface area contributed by atoms with Crippen molar-refractivity contribution in [3.05, 3.63) is 36.0 Å². The Morgan fingerprint density at radius 2 is 2.12 bits per heavy atom. The summed E-state index contributed by atoms with van der Waals surface area (Å²) in [5.74, 6) is -0.187. The van der Waals surface area contributed by atoms with Gasteiger partial charge in [-0.15, -0.1) is 11.6 Å². The molecular weight excluding hydrogens is 236 g/mol. The minimum atomic E-state index is -0.439. The zero-order valence-corrected chi connectivity index (χ0v) is 10.6. The van der Waals surface area contributed by atoms with Gasteiger partial charge in [-0.05, 0) is 19.9 Å². The average molecular weight is 251 g/mol. The van der Waals surface area contributed by atoms with Crippen molar-refractivity contribution in [3.63, 3.8) is 0 Å². The van der Waals surface area contributed by atoms with E-state index >= 15 is 0 Å². The molecule has 3 nitrogen and oxygen atoms in total. The summed E-state index contributed by atoms with van der Waals surface area (Å²) in [6, 6.07) is 8.01. The smallest absolute Gasteiger partial charge is 0.235 e. The molecule has 0 saturated heterocycles. The molecule has 0 radical (unpaired) electrons. The van der Waals surface area contributed by atoms with E-state index in [1.807, 2.05) is 44.3 Å². The summed E-state index contributed by atoms with van der Waals surface area (Å²) < 4.78 is 0. The van der Waals surface area contributed by atoms with Gasteiger partial charge in [0.25, 0.3) is 0 Å². The molecule has 1 amide bonds. The Kier molecular flexibility index (Phi) is 3.11. The number of aromatic nitrogens is 1. The Bertz CT molecular complexity index is 545. The van der Waals surface area contributed by atoms with E-state index in [0.717, 1.165) is 16.5 Å². The lowest BCUT2D eigenvalue weighted by molar-refractivity contribution is -0.120. The average Bonchev–Trinajstić information content (AvgIpc) is 2.72. The van der Waals surface area contributed by atoms with Crippen LogP contribution in [0.4, 0.5) is 0 Å². The van der Waals surface area contributed by atoms with Crippen molar-refractivity contribution in [2.24, 2.45) is 0 Å². The van der Waals surface area contributed by atoms with Crippen LogP contribution in [0, 0.1) is 0 Å². The lowest BCUT2D eigenvalue weighted by Crippen LogP contribution is -2.41. The largest absolute Gasteiger partial charge is 0.361 e. The highest BCUT2D eigenvalue weighted by atomic mass is 35.5. The van der Waals surface area contributed by atoms with E-state index in [0.29, 0.717) is 0 Å². The number of benzene rings is 1. The summed E-state index contributed by atoms with van der Waals surface area (Å²) in [4.78, 5) is 14.6. The molecule has 0 unspecified atom stereocenters. The van der Waals surface area contributed by atoms with E-state index in [1.54, 1.807) is 0 Å². The summed E-state index contributed by atoms with van der Waals surface area (Å²) in [7, 11) is 0. The van der Waals surface area contributed by atoms with Gasteiger partial charge in [0.05, 0.1) is 5.54 Å². The predicted molar refractivity (Wildman–Crippen MR) is 70.2 cm³/mol. The van der Waals surface area contributed by atoms with Crippen LogP contribution in [0.15, 0.2) is 30.5 Å². The molecule has 17 heavy (non-hydrogen) atoms. The first kappa shape index (κ1) is 12.0. The Balaban J connectivity index is 2.41. The highest BCUT2D eigenvalue weighted by Crippen LogP contribution is 2.28. The molecule has 0 atom stereocenters. The van der Waals surface area contributed by atoms with E-state index in [4.69, 9.17) is 11.6 Å². The number of fused-ring (bicyclic) bond motifs is 1. The van der Waals surface area contributed by atoms with Crippen molar-refractivity contribution in [1.29, 1.82) is 0 Å². The summed E-state index contributed by atoms with van der Waals surface area (Å²) in [6.45, 7) is 3.93. The minimum absolute atomic E-state index is 0.0220. The molecule has 0 aliphatic carbocycles. The molecule has 1 aromatic heterocycles. The third-order valence-electron chi connectivity index (χ3n) is 2.84. The van der Waals surface area contributed by atoms with Gasteiger partial charge in [-0.2, -0.15) is 0 Å². The fourth-order valence-electron chi connectivity index (χ4n) is 2.04. The van der Waals surface area contributed by atoms with Gasteiger partial charge in [0, 0.05) is 22.7 Å². The molecular formula is C13H15ClN2O. The number of carbonyl (C=O) groups is 1. The lowest BCUT2D eigenvalue weighted by atomic mass is 9.94. The number of carbonyl (C=O) groups excluding carboxylic acids is 1. The molecule has 0 aliphatic heterocycles. The standard InChI is InChI=1S/C13H15ClN2O/c1-13(2,16-12(17)7-14)10-8-15-11-6-4-3-5-9(10)11/h3-6,8,15H,7H2,1-2H3,(H,16,17). The van der Waals surface area contributed by atoms with Gasteiger partial charge < -0.3 is 10.3 Å². The number of H-pyrrole nitrogens is 1. The van der Waals surface area contributed by atoms with Crippen molar-refractivity contribution in [3.8, 4) is 0 Å². The van der Waals surface area contributed by atoms with Crippen LogP contribution < -0.4 is 5.32 Å². The fraction of sp³-hybridized carbons (Fsp3) is 0.308. The number of nitrogens with one attached hydrogen (secondary N) is 2. The summed E-state index contributed by atoms with van der Waals surface area (Å²) in [5.41, 5.74) is 1.69. The molecule has 2 N–H and O–H groups in total. The highest BCUT2D eigenvalue weighted by molar-refractivity contribution is 6.27. The van der Waals surface area contributed by atoms with Crippen LogP contribution in [0.2, 0.25) is 0 Å². The summed E-state index contributed by atoms with van der Waals surface area (Å²) in [5, 5.41) is 4.03. The molecule has 0 fully saturated rings. The van der Waals surface area contributed by atoms with Gasteiger partial charge in [0.1, 0.15) is 5.88 Å². The van der Waals surface area contributed by atoms with Crippen molar-refractivity contribution >= 4 is 28.4 Å². The molecule has 0 spiro atoms. The van der Waals surface area contributed by atoms with Crippen LogP contribution in [0.3, 0.4) is 0 Å². The zero-order valence-electron chi connectivity index (χ0n) is 9.88. The number of amides is 1. The first-order valence-corrected chi connectivity index (χ1v) is 6.01. The molecule has 90 valence electrons. The van der Waals surface area contributed by atoms with Crippen LogP contribution in [0.25, 0.3) is 10.9 Å². The fourth-order valence-corrected chi connectivity index (χ4v) is 2.10. The second kappa shape index (κ2) is 4.41. The first-order chi connectivity index (χ1) is 8.04. The Labute approximate surface area is 105 Å². The van der Waals surface area contributed by atoms with Crippen molar-refractivity contribution in [2.75, 3.05) is 5.88 Å². The molecule has 0 aliphatic rings. The minimum Gasteiger partial charge on any atom is -0.361 e. The number of aromatic amines is 1. The molecule has 4 heteroatoms. The SMILES string of the molecule is CC(C)(NC(=O)CCl)c1c[nH]c2ccccc12. The van der Waals surface area contributed by atoms with Gasteiger partial charge in [0.2, 0.25) is 5.91 Å². The molecule has 1 heterocycles. The maximum atomic E-state index is 11.4. The Morgan fingerprint density at radius 1 is 1.41 bits per heavy atom. The zero-order chi connectivity index (χ0) is 12.5. The quantitative estimate of drug-likeness (QED) is 0.809. The van der Waals surface area contributed by atoms with Gasteiger partial charge in [-0.3, -0.25) is 4.79 Å². The topological polar surface area (TPSA) is 44.9 Å². The maximum Gasteiger partial charge on any atom is 0.235 e. The number of rotatable bonds is 3.